The van der Waals surface area contributed by atoms with E-state index < -0.39 is 0 Å². The van der Waals surface area contributed by atoms with Crippen molar-refractivity contribution in [3.8, 4) is 0 Å². The van der Waals surface area contributed by atoms with Gasteiger partial charge in [0.05, 0.1) is 19.6 Å². The number of likely N-dealkylation sites (tertiary alicyclic amines) is 1. The molecule has 2 aliphatic heterocycles. The van der Waals surface area contributed by atoms with Crippen molar-refractivity contribution in [2.24, 2.45) is 11.8 Å². The van der Waals surface area contributed by atoms with Gasteiger partial charge in [-0.05, 0) is 38.3 Å². The van der Waals surface area contributed by atoms with Crippen LogP contribution in [0.3, 0.4) is 0 Å². The summed E-state index contributed by atoms with van der Waals surface area (Å²) in [5.74, 6) is 0.293. The maximum absolute atomic E-state index is 11.8. The predicted molar refractivity (Wildman–Crippen MR) is 60.1 cm³/mol. The van der Waals surface area contributed by atoms with Crippen LogP contribution in [-0.4, -0.2) is 50.8 Å². The Morgan fingerprint density at radius 3 is 2.81 bits per heavy atom. The highest BCUT2D eigenvalue weighted by Gasteiger charge is 2.33. The van der Waals surface area contributed by atoms with E-state index in [-0.39, 0.29) is 11.9 Å². The number of nitrogens with zero attached hydrogens (tertiary/aromatic N) is 1. The van der Waals surface area contributed by atoms with Gasteiger partial charge in [0, 0.05) is 13.2 Å². The number of hydrogen-bond acceptors (Lipinski definition) is 4. The van der Waals surface area contributed by atoms with E-state index in [0.29, 0.717) is 12.5 Å². The Balaban J connectivity index is 1.92. The van der Waals surface area contributed by atoms with Gasteiger partial charge in [-0.2, -0.15) is 0 Å². The summed E-state index contributed by atoms with van der Waals surface area (Å²) in [7, 11) is 1.48. The lowest BCUT2D eigenvalue weighted by atomic mass is 9.91. The molecule has 92 valence electrons. The minimum absolute atomic E-state index is 0.00519. The number of hydrogen-bond donors (Lipinski definition) is 0. The highest BCUT2D eigenvalue weighted by atomic mass is 16.5. The summed E-state index contributed by atoms with van der Waals surface area (Å²) in [4.78, 5) is 14.2. The van der Waals surface area contributed by atoms with Crippen molar-refractivity contribution >= 4 is 5.97 Å². The molecule has 2 aliphatic rings. The largest absolute Gasteiger partial charge is 0.469 e. The van der Waals surface area contributed by atoms with E-state index >= 15 is 0 Å². The van der Waals surface area contributed by atoms with Crippen LogP contribution in [0, 0.1) is 11.8 Å². The molecule has 0 bridgehead atoms. The lowest BCUT2D eigenvalue weighted by Crippen LogP contribution is -2.36. The highest BCUT2D eigenvalue weighted by molar-refractivity contribution is 5.73. The zero-order valence-corrected chi connectivity index (χ0v) is 9.98. The molecule has 2 atom stereocenters. The van der Waals surface area contributed by atoms with Gasteiger partial charge >= 0.3 is 5.97 Å². The molecule has 0 aromatic rings. The van der Waals surface area contributed by atoms with Crippen molar-refractivity contribution in [2.75, 3.05) is 40.0 Å². The molecular weight excluding hydrogens is 206 g/mol. The van der Waals surface area contributed by atoms with Crippen LogP contribution in [0.25, 0.3) is 0 Å². The molecule has 0 amide bonds. The Bertz CT molecular complexity index is 232. The third-order valence-corrected chi connectivity index (χ3v) is 3.69. The standard InChI is InChI=1S/C12H21NO3/c1-15-12(14)11(10-4-7-16-9-10)8-13-5-2-3-6-13/h10-11H,2-9H2,1H3. The van der Waals surface area contributed by atoms with E-state index in [1.54, 1.807) is 0 Å². The van der Waals surface area contributed by atoms with Crippen LogP contribution in [0.15, 0.2) is 0 Å². The molecular formula is C12H21NO3. The van der Waals surface area contributed by atoms with Crippen molar-refractivity contribution in [1.82, 2.24) is 4.90 Å². The summed E-state index contributed by atoms with van der Waals surface area (Å²) in [6, 6.07) is 0. The zero-order chi connectivity index (χ0) is 11.4. The molecule has 0 N–H and O–H groups in total. The maximum atomic E-state index is 11.8. The lowest BCUT2D eigenvalue weighted by Gasteiger charge is -2.25. The Labute approximate surface area is 96.9 Å². The predicted octanol–water partition coefficient (Wildman–Crippen LogP) is 0.908. The van der Waals surface area contributed by atoms with Crippen LogP contribution in [0.2, 0.25) is 0 Å². The molecule has 4 heteroatoms. The van der Waals surface area contributed by atoms with E-state index in [4.69, 9.17) is 9.47 Å². The molecule has 0 radical (unpaired) electrons. The molecule has 2 fully saturated rings. The van der Waals surface area contributed by atoms with Gasteiger partial charge < -0.3 is 14.4 Å². The fourth-order valence-electron chi connectivity index (χ4n) is 2.68. The Morgan fingerprint density at radius 2 is 2.25 bits per heavy atom. The molecule has 4 nitrogen and oxygen atoms in total. The maximum Gasteiger partial charge on any atom is 0.310 e. The fourth-order valence-corrected chi connectivity index (χ4v) is 2.68. The number of rotatable bonds is 4. The van der Waals surface area contributed by atoms with Crippen LogP contribution in [0.5, 0.6) is 0 Å². The number of carbonyl (C=O) groups is 1. The highest BCUT2D eigenvalue weighted by Crippen LogP contribution is 2.25. The summed E-state index contributed by atoms with van der Waals surface area (Å²) in [5, 5.41) is 0. The minimum Gasteiger partial charge on any atom is -0.469 e. The van der Waals surface area contributed by atoms with Crippen molar-refractivity contribution in [3.63, 3.8) is 0 Å². The molecule has 0 aromatic heterocycles. The average molecular weight is 227 g/mol. The topological polar surface area (TPSA) is 38.8 Å². The van der Waals surface area contributed by atoms with Gasteiger partial charge in [-0.15, -0.1) is 0 Å². The first-order valence-corrected chi connectivity index (χ1v) is 6.19. The van der Waals surface area contributed by atoms with Crippen molar-refractivity contribution in [3.05, 3.63) is 0 Å². The van der Waals surface area contributed by atoms with Gasteiger partial charge in [-0.25, -0.2) is 0 Å². The molecule has 2 rings (SSSR count). The van der Waals surface area contributed by atoms with Gasteiger partial charge in [-0.3, -0.25) is 4.79 Å². The smallest absolute Gasteiger partial charge is 0.310 e. The first kappa shape index (κ1) is 11.9. The number of ether oxygens (including phenoxy) is 2. The van der Waals surface area contributed by atoms with Gasteiger partial charge in [0.15, 0.2) is 0 Å². The molecule has 0 spiro atoms. The molecule has 0 saturated carbocycles. The van der Waals surface area contributed by atoms with Crippen LogP contribution in [-0.2, 0) is 14.3 Å². The van der Waals surface area contributed by atoms with Crippen molar-refractivity contribution < 1.29 is 14.3 Å². The van der Waals surface area contributed by atoms with E-state index in [1.165, 1.54) is 20.0 Å². The fraction of sp³-hybridized carbons (Fsp3) is 0.917. The van der Waals surface area contributed by atoms with E-state index in [9.17, 15) is 4.79 Å². The van der Waals surface area contributed by atoms with Gasteiger partial charge in [0.25, 0.3) is 0 Å². The first-order valence-electron chi connectivity index (χ1n) is 6.19. The summed E-state index contributed by atoms with van der Waals surface area (Å²) in [6.07, 6.45) is 3.51. The van der Waals surface area contributed by atoms with Crippen LogP contribution < -0.4 is 0 Å². The van der Waals surface area contributed by atoms with Gasteiger partial charge in [0.2, 0.25) is 0 Å². The normalized spacial score (nSPS) is 28.2. The molecule has 2 saturated heterocycles. The minimum atomic E-state index is -0.0672. The summed E-state index contributed by atoms with van der Waals surface area (Å²) in [6.45, 7) is 4.61. The lowest BCUT2D eigenvalue weighted by molar-refractivity contribution is -0.148. The van der Waals surface area contributed by atoms with E-state index in [2.05, 4.69) is 4.90 Å². The average Bonchev–Trinajstić information content (AvgIpc) is 2.97. The molecule has 2 unspecified atom stereocenters. The second-order valence-electron chi connectivity index (χ2n) is 4.76. The first-order chi connectivity index (χ1) is 7.81. The Hall–Kier alpha value is -0.610. The van der Waals surface area contributed by atoms with Crippen molar-refractivity contribution in [1.29, 1.82) is 0 Å². The molecule has 2 heterocycles. The summed E-state index contributed by atoms with van der Waals surface area (Å²) >= 11 is 0. The van der Waals surface area contributed by atoms with Crippen molar-refractivity contribution in [2.45, 2.75) is 19.3 Å². The van der Waals surface area contributed by atoms with Gasteiger partial charge in [0.1, 0.15) is 0 Å². The summed E-state index contributed by atoms with van der Waals surface area (Å²) in [5.41, 5.74) is 0. The van der Waals surface area contributed by atoms with Crippen LogP contribution in [0.1, 0.15) is 19.3 Å². The quantitative estimate of drug-likeness (QED) is 0.669. The Morgan fingerprint density at radius 1 is 1.50 bits per heavy atom. The SMILES string of the molecule is COC(=O)C(CN1CCCC1)C1CCOC1. The second-order valence-corrected chi connectivity index (χ2v) is 4.76. The van der Waals surface area contributed by atoms with E-state index in [0.717, 1.165) is 32.7 Å². The third-order valence-electron chi connectivity index (χ3n) is 3.69. The summed E-state index contributed by atoms with van der Waals surface area (Å²) < 4.78 is 10.3. The van der Waals surface area contributed by atoms with E-state index in [1.807, 2.05) is 0 Å². The monoisotopic (exact) mass is 227 g/mol. The number of methoxy groups -OCH3 is 1. The van der Waals surface area contributed by atoms with Gasteiger partial charge in [-0.1, -0.05) is 0 Å². The zero-order valence-electron chi connectivity index (χ0n) is 9.98. The number of esters is 1. The molecule has 0 aromatic carbocycles. The molecule has 0 aliphatic carbocycles. The number of carbonyl (C=O) groups excluding carboxylic acids is 1. The van der Waals surface area contributed by atoms with Crippen LogP contribution in [0.4, 0.5) is 0 Å². The second kappa shape index (κ2) is 5.64. The Kier molecular flexibility index (Phi) is 4.18. The molecule has 16 heavy (non-hydrogen) atoms. The third kappa shape index (κ3) is 2.74. The van der Waals surface area contributed by atoms with Crippen LogP contribution >= 0.6 is 0 Å².